The molecular weight excluding hydrogens is 624 g/mol. The average Bonchev–Trinajstić information content (AvgIpc) is 3.43. The number of aromatic nitrogens is 3. The molecule has 1 atom stereocenters. The maximum Gasteiger partial charge on any atom is 0.433 e. The Hall–Kier alpha value is -4.50. The molecule has 1 aromatic carbocycles. The number of rotatable bonds is 5. The minimum Gasteiger partial charge on any atom is -0.497 e. The summed E-state index contributed by atoms with van der Waals surface area (Å²) in [7, 11) is 1.45. The first kappa shape index (κ1) is 32.9. The minimum absolute atomic E-state index is 0.0865. The quantitative estimate of drug-likeness (QED) is 0.266. The monoisotopic (exact) mass is 655 g/mol. The molecule has 0 N–H and O–H groups in total. The van der Waals surface area contributed by atoms with Crippen LogP contribution in [-0.2, 0) is 22.2 Å². The van der Waals surface area contributed by atoms with Crippen molar-refractivity contribution in [3.8, 4) is 17.0 Å². The Morgan fingerprint density at radius 3 is 2.24 bits per heavy atom. The van der Waals surface area contributed by atoms with Crippen molar-refractivity contribution in [2.75, 3.05) is 25.1 Å². The van der Waals surface area contributed by atoms with Gasteiger partial charge in [-0.2, -0.15) is 31.4 Å². The molecule has 0 spiro atoms. The predicted molar refractivity (Wildman–Crippen MR) is 151 cm³/mol. The highest BCUT2D eigenvalue weighted by molar-refractivity contribution is 5.92. The van der Waals surface area contributed by atoms with Crippen LogP contribution in [0, 0.1) is 0 Å². The zero-order valence-corrected chi connectivity index (χ0v) is 25.3. The maximum absolute atomic E-state index is 14.3. The molecule has 2 aliphatic heterocycles. The molecule has 0 saturated carbocycles. The molecule has 0 radical (unpaired) electrons. The SMILES string of the molecule is COc1ccc(CN2C(=O)O[C@@H](C(F)(F)F)c3c(-c4cc(C(F)(F)F)n(C5CCN(C(=O)OC(C)(C)C)CC5)n4)ccnc32)cc1. The van der Waals surface area contributed by atoms with Gasteiger partial charge in [-0.25, -0.2) is 14.6 Å². The van der Waals surface area contributed by atoms with Gasteiger partial charge in [-0.05, 0) is 63.4 Å². The van der Waals surface area contributed by atoms with Crippen molar-refractivity contribution >= 4 is 18.0 Å². The Bertz CT molecular complexity index is 1590. The van der Waals surface area contributed by atoms with Gasteiger partial charge in [0.1, 0.15) is 22.9 Å². The van der Waals surface area contributed by atoms with Crippen LogP contribution in [0.2, 0.25) is 0 Å². The summed E-state index contributed by atoms with van der Waals surface area (Å²) in [5.41, 5.74) is -2.79. The topological polar surface area (TPSA) is 99.0 Å². The van der Waals surface area contributed by atoms with E-state index in [1.165, 1.54) is 12.0 Å². The van der Waals surface area contributed by atoms with Gasteiger partial charge in [0.2, 0.25) is 6.10 Å². The van der Waals surface area contributed by atoms with Gasteiger partial charge in [-0.3, -0.25) is 9.58 Å². The number of ether oxygens (including phenoxy) is 3. The zero-order chi connectivity index (χ0) is 33.6. The van der Waals surface area contributed by atoms with E-state index in [4.69, 9.17) is 14.2 Å². The van der Waals surface area contributed by atoms with Crippen molar-refractivity contribution in [1.82, 2.24) is 19.7 Å². The number of cyclic esters (lactones) is 1. The van der Waals surface area contributed by atoms with E-state index in [1.54, 1.807) is 45.0 Å². The fourth-order valence-corrected chi connectivity index (χ4v) is 5.39. The summed E-state index contributed by atoms with van der Waals surface area (Å²) in [6.45, 7) is 5.01. The third-order valence-corrected chi connectivity index (χ3v) is 7.49. The van der Waals surface area contributed by atoms with Gasteiger partial charge < -0.3 is 19.1 Å². The average molecular weight is 656 g/mol. The van der Waals surface area contributed by atoms with Gasteiger partial charge in [0.25, 0.3) is 0 Å². The first-order valence-electron chi connectivity index (χ1n) is 14.3. The first-order chi connectivity index (χ1) is 21.5. The molecule has 2 amide bonds. The lowest BCUT2D eigenvalue weighted by Gasteiger charge is -2.35. The van der Waals surface area contributed by atoms with Gasteiger partial charge in [0.15, 0.2) is 0 Å². The number of fused-ring (bicyclic) bond motifs is 1. The molecular formula is C30H31F6N5O5. The Labute approximate surface area is 259 Å². The highest BCUT2D eigenvalue weighted by atomic mass is 19.4. The second kappa shape index (κ2) is 12.0. The van der Waals surface area contributed by atoms with E-state index < -0.39 is 65.1 Å². The number of methoxy groups -OCH3 is 1. The number of pyridine rings is 1. The van der Waals surface area contributed by atoms with Crippen LogP contribution in [0.1, 0.15) is 62.6 Å². The summed E-state index contributed by atoms with van der Waals surface area (Å²) >= 11 is 0. The summed E-state index contributed by atoms with van der Waals surface area (Å²) in [6, 6.07) is 7.35. The van der Waals surface area contributed by atoms with Gasteiger partial charge in [0.05, 0.1) is 31.0 Å². The number of halogens is 6. The van der Waals surface area contributed by atoms with Crippen LogP contribution in [0.25, 0.3) is 11.3 Å². The second-order valence-corrected chi connectivity index (χ2v) is 11.9. The number of piperidine rings is 1. The fraction of sp³-hybridized carbons (Fsp3) is 0.467. The summed E-state index contributed by atoms with van der Waals surface area (Å²) in [6.07, 6.45) is -13.5. The number of hydrogen-bond donors (Lipinski definition) is 0. The van der Waals surface area contributed by atoms with Crippen LogP contribution < -0.4 is 9.64 Å². The molecule has 46 heavy (non-hydrogen) atoms. The number of nitrogens with zero attached hydrogens (tertiary/aromatic N) is 5. The number of anilines is 1. The largest absolute Gasteiger partial charge is 0.497 e. The second-order valence-electron chi connectivity index (χ2n) is 11.9. The van der Waals surface area contributed by atoms with Crippen LogP contribution in [0.4, 0.5) is 41.7 Å². The van der Waals surface area contributed by atoms with Crippen LogP contribution in [-0.4, -0.2) is 63.8 Å². The number of hydrogen-bond acceptors (Lipinski definition) is 7. The van der Waals surface area contributed by atoms with Gasteiger partial charge in [-0.15, -0.1) is 0 Å². The standard InChI is InChI=1S/C30H31F6N5O5/c1-28(2,3)46-26(42)39-13-10-18(11-14-39)41-22(29(31,32)33)15-21(38-41)20-9-12-37-25-23(20)24(30(34,35)36)45-27(43)40(25)16-17-5-7-19(44-4)8-6-17/h5-9,12,15,18,24H,10-11,13-14,16H2,1-4H3/t24-/m1/s1. The molecule has 2 aliphatic rings. The maximum atomic E-state index is 14.3. The molecule has 0 aliphatic carbocycles. The number of carbonyl (C=O) groups is 2. The van der Waals surface area contributed by atoms with E-state index in [1.807, 2.05) is 0 Å². The Balaban J connectivity index is 1.53. The van der Waals surface area contributed by atoms with Crippen LogP contribution >= 0.6 is 0 Å². The molecule has 1 saturated heterocycles. The van der Waals surface area contributed by atoms with Gasteiger partial charge in [0, 0.05) is 24.8 Å². The third-order valence-electron chi connectivity index (χ3n) is 7.49. The van der Waals surface area contributed by atoms with E-state index in [2.05, 4.69) is 10.1 Å². The molecule has 1 fully saturated rings. The lowest BCUT2D eigenvalue weighted by molar-refractivity contribution is -0.207. The zero-order valence-electron chi connectivity index (χ0n) is 25.3. The number of alkyl halides is 6. The smallest absolute Gasteiger partial charge is 0.433 e. The van der Waals surface area contributed by atoms with Crippen LogP contribution in [0.15, 0.2) is 42.6 Å². The van der Waals surface area contributed by atoms with E-state index >= 15 is 0 Å². The predicted octanol–water partition coefficient (Wildman–Crippen LogP) is 7.30. The van der Waals surface area contributed by atoms with E-state index in [9.17, 15) is 35.9 Å². The first-order valence-corrected chi connectivity index (χ1v) is 14.3. The normalized spacial score (nSPS) is 17.9. The summed E-state index contributed by atoms with van der Waals surface area (Å²) < 4.78 is 102. The molecule has 4 heterocycles. The highest BCUT2D eigenvalue weighted by Crippen LogP contribution is 2.48. The molecule has 3 aromatic rings. The Morgan fingerprint density at radius 1 is 1.02 bits per heavy atom. The van der Waals surface area contributed by atoms with Crippen molar-refractivity contribution in [3.05, 3.63) is 59.4 Å². The van der Waals surface area contributed by atoms with Crippen LogP contribution in [0.3, 0.4) is 0 Å². The van der Waals surface area contributed by atoms with Crippen molar-refractivity contribution < 1.29 is 50.1 Å². The molecule has 0 unspecified atom stereocenters. The van der Waals surface area contributed by atoms with Crippen molar-refractivity contribution in [3.63, 3.8) is 0 Å². The van der Waals surface area contributed by atoms with Crippen molar-refractivity contribution in [1.29, 1.82) is 0 Å². The molecule has 5 rings (SSSR count). The minimum atomic E-state index is -5.11. The molecule has 2 aromatic heterocycles. The Morgan fingerprint density at radius 2 is 1.67 bits per heavy atom. The third kappa shape index (κ3) is 6.84. The van der Waals surface area contributed by atoms with E-state index in [0.717, 1.165) is 21.8 Å². The lowest BCUT2D eigenvalue weighted by Crippen LogP contribution is -2.42. The van der Waals surface area contributed by atoms with Gasteiger partial charge in [-0.1, -0.05) is 12.1 Å². The van der Waals surface area contributed by atoms with Crippen LogP contribution in [0.5, 0.6) is 5.75 Å². The molecule has 0 bridgehead atoms. The molecule has 10 nitrogen and oxygen atoms in total. The van der Waals surface area contributed by atoms with Crippen molar-refractivity contribution in [2.24, 2.45) is 0 Å². The van der Waals surface area contributed by atoms with Crippen molar-refractivity contribution in [2.45, 2.75) is 70.3 Å². The number of amides is 2. The number of benzene rings is 1. The van der Waals surface area contributed by atoms with Gasteiger partial charge >= 0.3 is 24.5 Å². The number of likely N-dealkylation sites (tertiary alicyclic amines) is 1. The highest BCUT2D eigenvalue weighted by Gasteiger charge is 2.51. The van der Waals surface area contributed by atoms with E-state index in [-0.39, 0.29) is 38.0 Å². The molecule has 248 valence electrons. The summed E-state index contributed by atoms with van der Waals surface area (Å²) in [5, 5.41) is 4.17. The fourth-order valence-electron chi connectivity index (χ4n) is 5.39. The number of carbonyl (C=O) groups excluding carboxylic acids is 2. The summed E-state index contributed by atoms with van der Waals surface area (Å²) in [5.74, 6) is 0.0927. The van der Waals surface area contributed by atoms with E-state index in [0.29, 0.717) is 17.4 Å². The summed E-state index contributed by atoms with van der Waals surface area (Å²) in [4.78, 5) is 31.7. The molecule has 16 heteroatoms. The lowest BCUT2D eigenvalue weighted by atomic mass is 9.98. The Kier molecular flexibility index (Phi) is 8.59.